The van der Waals surface area contributed by atoms with Gasteiger partial charge in [-0.15, -0.1) is 0 Å². The van der Waals surface area contributed by atoms with E-state index >= 15 is 0 Å². The molecule has 1 aliphatic rings. The lowest BCUT2D eigenvalue weighted by atomic mass is 9.80. The van der Waals surface area contributed by atoms with Crippen LogP contribution in [0.2, 0.25) is 0 Å². The van der Waals surface area contributed by atoms with Crippen LogP contribution in [0.3, 0.4) is 0 Å². The Kier molecular flexibility index (Phi) is 3.50. The summed E-state index contributed by atoms with van der Waals surface area (Å²) >= 11 is 0. The van der Waals surface area contributed by atoms with Gasteiger partial charge in [-0.05, 0) is 50.6 Å². The first-order valence-corrected chi connectivity index (χ1v) is 7.51. The number of nitrogens with one attached hydrogen (secondary N) is 1. The molecule has 0 spiro atoms. The molecule has 1 aromatic heterocycles. The average molecular weight is 275 g/mol. The summed E-state index contributed by atoms with van der Waals surface area (Å²) in [6.07, 6.45) is 3.20. The predicted octanol–water partition coefficient (Wildman–Crippen LogP) is 3.23. The van der Waals surface area contributed by atoms with E-state index in [9.17, 15) is 4.39 Å². The lowest BCUT2D eigenvalue weighted by Gasteiger charge is -2.34. The van der Waals surface area contributed by atoms with E-state index in [1.165, 1.54) is 6.07 Å². The minimum absolute atomic E-state index is 0.0932. The fourth-order valence-corrected chi connectivity index (χ4v) is 3.21. The molecule has 1 saturated heterocycles. The van der Waals surface area contributed by atoms with Crippen LogP contribution >= 0.6 is 0 Å². The summed E-state index contributed by atoms with van der Waals surface area (Å²) in [6, 6.07) is 4.91. The second-order valence-electron chi connectivity index (χ2n) is 6.03. The number of fused-ring (bicyclic) bond motifs is 1. The SMILES string of the molecule is CCCn1c(C2(C)CCNCC2)nc2ccc(F)cc21. The average Bonchev–Trinajstić information content (AvgIpc) is 2.79. The van der Waals surface area contributed by atoms with Gasteiger partial charge in [-0.25, -0.2) is 9.37 Å². The van der Waals surface area contributed by atoms with Crippen LogP contribution in [-0.4, -0.2) is 22.6 Å². The minimum atomic E-state index is -0.184. The van der Waals surface area contributed by atoms with E-state index in [0.29, 0.717) is 0 Å². The highest BCUT2D eigenvalue weighted by molar-refractivity contribution is 5.76. The topological polar surface area (TPSA) is 29.9 Å². The van der Waals surface area contributed by atoms with Gasteiger partial charge in [0.1, 0.15) is 11.6 Å². The van der Waals surface area contributed by atoms with Crippen molar-refractivity contribution in [2.45, 2.75) is 45.1 Å². The zero-order chi connectivity index (χ0) is 14.2. The quantitative estimate of drug-likeness (QED) is 0.932. The number of aromatic nitrogens is 2. The summed E-state index contributed by atoms with van der Waals surface area (Å²) in [7, 11) is 0. The number of rotatable bonds is 3. The Bertz CT molecular complexity index is 611. The number of hydrogen-bond acceptors (Lipinski definition) is 2. The molecule has 20 heavy (non-hydrogen) atoms. The summed E-state index contributed by atoms with van der Waals surface area (Å²) in [5.74, 6) is 0.943. The molecular weight excluding hydrogens is 253 g/mol. The van der Waals surface area contributed by atoms with Crippen LogP contribution in [0.5, 0.6) is 0 Å². The molecule has 0 bridgehead atoms. The summed E-state index contributed by atoms with van der Waals surface area (Å²) < 4.78 is 15.8. The third-order valence-electron chi connectivity index (χ3n) is 4.40. The Hall–Kier alpha value is -1.42. The first kappa shape index (κ1) is 13.6. The first-order valence-electron chi connectivity index (χ1n) is 7.51. The predicted molar refractivity (Wildman–Crippen MR) is 79.4 cm³/mol. The Morgan fingerprint density at radius 1 is 1.35 bits per heavy atom. The van der Waals surface area contributed by atoms with Crippen molar-refractivity contribution in [1.29, 1.82) is 0 Å². The van der Waals surface area contributed by atoms with Gasteiger partial charge in [0, 0.05) is 12.0 Å². The number of hydrogen-bond donors (Lipinski definition) is 1. The van der Waals surface area contributed by atoms with Crippen molar-refractivity contribution >= 4 is 11.0 Å². The van der Waals surface area contributed by atoms with E-state index in [2.05, 4.69) is 23.7 Å². The van der Waals surface area contributed by atoms with Gasteiger partial charge in [0.15, 0.2) is 0 Å². The van der Waals surface area contributed by atoms with E-state index in [1.54, 1.807) is 12.1 Å². The van der Waals surface area contributed by atoms with Gasteiger partial charge < -0.3 is 9.88 Å². The van der Waals surface area contributed by atoms with Crippen LogP contribution in [0.25, 0.3) is 11.0 Å². The zero-order valence-electron chi connectivity index (χ0n) is 12.2. The second kappa shape index (κ2) is 5.17. The van der Waals surface area contributed by atoms with E-state index in [-0.39, 0.29) is 11.2 Å². The van der Waals surface area contributed by atoms with Gasteiger partial charge in [0.2, 0.25) is 0 Å². The van der Waals surface area contributed by atoms with Crippen molar-refractivity contribution < 1.29 is 4.39 Å². The first-order chi connectivity index (χ1) is 9.64. The lowest BCUT2D eigenvalue weighted by molar-refractivity contribution is 0.309. The van der Waals surface area contributed by atoms with Gasteiger partial charge in [-0.3, -0.25) is 0 Å². The van der Waals surface area contributed by atoms with E-state index in [0.717, 1.165) is 55.8 Å². The number of nitrogens with zero attached hydrogens (tertiary/aromatic N) is 2. The van der Waals surface area contributed by atoms with Crippen molar-refractivity contribution in [2.24, 2.45) is 0 Å². The fraction of sp³-hybridized carbons (Fsp3) is 0.562. The van der Waals surface area contributed by atoms with Crippen molar-refractivity contribution in [3.63, 3.8) is 0 Å². The van der Waals surface area contributed by atoms with Crippen LogP contribution < -0.4 is 5.32 Å². The van der Waals surface area contributed by atoms with Crippen molar-refractivity contribution in [1.82, 2.24) is 14.9 Å². The van der Waals surface area contributed by atoms with Crippen LogP contribution in [0.1, 0.15) is 38.9 Å². The van der Waals surface area contributed by atoms with Crippen molar-refractivity contribution in [2.75, 3.05) is 13.1 Å². The third-order valence-corrected chi connectivity index (χ3v) is 4.40. The molecule has 1 fully saturated rings. The molecule has 0 atom stereocenters. The van der Waals surface area contributed by atoms with Gasteiger partial charge in [0.05, 0.1) is 11.0 Å². The third kappa shape index (κ3) is 2.22. The number of imidazole rings is 1. The van der Waals surface area contributed by atoms with Gasteiger partial charge in [-0.2, -0.15) is 0 Å². The Balaban J connectivity index is 2.15. The zero-order valence-corrected chi connectivity index (χ0v) is 12.2. The van der Waals surface area contributed by atoms with E-state index in [1.807, 2.05) is 0 Å². The molecule has 0 unspecified atom stereocenters. The molecule has 1 aromatic carbocycles. The number of piperidine rings is 1. The summed E-state index contributed by atoms with van der Waals surface area (Å²) in [5.41, 5.74) is 1.94. The van der Waals surface area contributed by atoms with Gasteiger partial charge in [0.25, 0.3) is 0 Å². The normalized spacial score (nSPS) is 18.6. The smallest absolute Gasteiger partial charge is 0.125 e. The molecule has 0 radical (unpaired) electrons. The van der Waals surface area contributed by atoms with Crippen molar-refractivity contribution in [3.05, 3.63) is 29.8 Å². The number of halogens is 1. The Morgan fingerprint density at radius 3 is 2.80 bits per heavy atom. The van der Waals surface area contributed by atoms with Gasteiger partial charge >= 0.3 is 0 Å². The Labute approximate surface area is 119 Å². The lowest BCUT2D eigenvalue weighted by Crippen LogP contribution is -2.39. The highest BCUT2D eigenvalue weighted by atomic mass is 19.1. The van der Waals surface area contributed by atoms with Crippen LogP contribution in [0.15, 0.2) is 18.2 Å². The molecule has 1 aliphatic heterocycles. The summed E-state index contributed by atoms with van der Waals surface area (Å²) in [4.78, 5) is 4.84. The number of aryl methyl sites for hydroxylation is 1. The summed E-state index contributed by atoms with van der Waals surface area (Å²) in [6.45, 7) is 7.40. The van der Waals surface area contributed by atoms with Crippen LogP contribution in [0, 0.1) is 5.82 Å². The summed E-state index contributed by atoms with van der Waals surface area (Å²) in [5, 5.41) is 3.41. The molecule has 3 rings (SSSR count). The molecule has 2 heterocycles. The standard InChI is InChI=1S/C16H22FN3/c1-3-10-20-14-11-12(17)4-5-13(14)19-15(20)16(2)6-8-18-9-7-16/h4-5,11,18H,3,6-10H2,1-2H3. The maximum absolute atomic E-state index is 13.6. The molecule has 3 nitrogen and oxygen atoms in total. The molecule has 2 aromatic rings. The largest absolute Gasteiger partial charge is 0.327 e. The highest BCUT2D eigenvalue weighted by Crippen LogP contribution is 2.34. The molecule has 0 amide bonds. The molecule has 0 aliphatic carbocycles. The van der Waals surface area contributed by atoms with Crippen molar-refractivity contribution in [3.8, 4) is 0 Å². The fourth-order valence-electron chi connectivity index (χ4n) is 3.21. The number of benzene rings is 1. The molecular formula is C16H22FN3. The monoisotopic (exact) mass is 275 g/mol. The van der Waals surface area contributed by atoms with Gasteiger partial charge in [-0.1, -0.05) is 13.8 Å². The molecule has 0 saturated carbocycles. The maximum atomic E-state index is 13.6. The maximum Gasteiger partial charge on any atom is 0.125 e. The molecule has 1 N–H and O–H groups in total. The van der Waals surface area contributed by atoms with Crippen LogP contribution in [-0.2, 0) is 12.0 Å². The molecule has 4 heteroatoms. The Morgan fingerprint density at radius 2 is 2.10 bits per heavy atom. The van der Waals surface area contributed by atoms with Crippen LogP contribution in [0.4, 0.5) is 4.39 Å². The van der Waals surface area contributed by atoms with E-state index < -0.39 is 0 Å². The highest BCUT2D eigenvalue weighted by Gasteiger charge is 2.33. The van der Waals surface area contributed by atoms with E-state index in [4.69, 9.17) is 4.98 Å². The minimum Gasteiger partial charge on any atom is -0.327 e. The second-order valence-corrected chi connectivity index (χ2v) is 6.03. The molecule has 108 valence electrons.